The number of hydrogen-bond acceptors (Lipinski definition) is 0. The molecule has 0 saturated heterocycles. The van der Waals surface area contributed by atoms with Gasteiger partial charge in [0.15, 0.2) is 0 Å². The van der Waals surface area contributed by atoms with Crippen LogP contribution in [0.5, 0.6) is 0 Å². The summed E-state index contributed by atoms with van der Waals surface area (Å²) in [5.74, 6) is 0. The van der Waals surface area contributed by atoms with Gasteiger partial charge in [-0.1, -0.05) is 56.7 Å². The zero-order valence-corrected chi connectivity index (χ0v) is 9.81. The van der Waals surface area contributed by atoms with Crippen molar-refractivity contribution in [3.8, 4) is 0 Å². The van der Waals surface area contributed by atoms with Crippen LogP contribution in [0.2, 0.25) is 5.02 Å². The van der Waals surface area contributed by atoms with Crippen molar-refractivity contribution in [1.82, 2.24) is 0 Å². The molecule has 0 fully saturated rings. The van der Waals surface area contributed by atoms with Crippen molar-refractivity contribution >= 4 is 17.7 Å². The van der Waals surface area contributed by atoms with Crippen LogP contribution in [0.1, 0.15) is 32.8 Å². The van der Waals surface area contributed by atoms with Gasteiger partial charge in [-0.25, -0.2) is 0 Å². The minimum Gasteiger partial charge on any atom is -0.0843 e. The summed E-state index contributed by atoms with van der Waals surface area (Å²) in [7, 11) is 0. The Morgan fingerprint density at radius 3 is 2.21 bits per heavy atom. The first-order valence-corrected chi connectivity index (χ1v) is 5.27. The first-order chi connectivity index (χ1) is 6.47. The molecule has 1 aromatic carbocycles. The molecular formula is C13H17Cl. The summed E-state index contributed by atoms with van der Waals surface area (Å²) in [4.78, 5) is 0. The van der Waals surface area contributed by atoms with E-state index in [2.05, 4.69) is 32.9 Å². The topological polar surface area (TPSA) is 0 Å². The standard InChI is InChI=1S/C13H17Cl/c1-13(2,3)10-4-5-11-6-8-12(14)9-7-11/h4-9H,10H2,1-3H3. The van der Waals surface area contributed by atoms with E-state index in [4.69, 9.17) is 11.6 Å². The van der Waals surface area contributed by atoms with Gasteiger partial charge in [0.05, 0.1) is 0 Å². The first kappa shape index (κ1) is 11.3. The van der Waals surface area contributed by atoms with Crippen molar-refractivity contribution in [3.63, 3.8) is 0 Å². The molecule has 0 spiro atoms. The average molecular weight is 209 g/mol. The van der Waals surface area contributed by atoms with E-state index < -0.39 is 0 Å². The van der Waals surface area contributed by atoms with Crippen molar-refractivity contribution in [1.29, 1.82) is 0 Å². The third-order valence-electron chi connectivity index (χ3n) is 1.91. The molecule has 0 aliphatic carbocycles. The van der Waals surface area contributed by atoms with E-state index in [1.54, 1.807) is 0 Å². The number of rotatable bonds is 2. The van der Waals surface area contributed by atoms with Gasteiger partial charge in [-0.2, -0.15) is 0 Å². The fourth-order valence-electron chi connectivity index (χ4n) is 1.12. The van der Waals surface area contributed by atoms with E-state index >= 15 is 0 Å². The van der Waals surface area contributed by atoms with E-state index in [0.717, 1.165) is 11.4 Å². The summed E-state index contributed by atoms with van der Waals surface area (Å²) in [5.41, 5.74) is 1.57. The quantitative estimate of drug-likeness (QED) is 0.656. The summed E-state index contributed by atoms with van der Waals surface area (Å²) in [6.45, 7) is 6.71. The summed E-state index contributed by atoms with van der Waals surface area (Å²) in [5, 5.41) is 0.790. The monoisotopic (exact) mass is 208 g/mol. The SMILES string of the molecule is CC(C)(C)CC=Cc1ccc(Cl)cc1. The van der Waals surface area contributed by atoms with Gasteiger partial charge in [0.2, 0.25) is 0 Å². The number of hydrogen-bond donors (Lipinski definition) is 0. The van der Waals surface area contributed by atoms with Crippen LogP contribution >= 0.6 is 11.6 Å². The van der Waals surface area contributed by atoms with E-state index in [0.29, 0.717) is 5.41 Å². The Hall–Kier alpha value is -0.750. The fraction of sp³-hybridized carbons (Fsp3) is 0.385. The molecule has 0 aliphatic rings. The maximum Gasteiger partial charge on any atom is 0.0406 e. The molecule has 0 amide bonds. The summed E-state index contributed by atoms with van der Waals surface area (Å²) >= 11 is 5.79. The predicted octanol–water partition coefficient (Wildman–Crippen LogP) is 4.79. The lowest BCUT2D eigenvalue weighted by atomic mass is 9.92. The van der Waals surface area contributed by atoms with Crippen LogP contribution in [0.3, 0.4) is 0 Å². The van der Waals surface area contributed by atoms with Crippen LogP contribution in [0, 0.1) is 5.41 Å². The molecule has 0 atom stereocenters. The van der Waals surface area contributed by atoms with Crippen LogP contribution in [0.25, 0.3) is 6.08 Å². The summed E-state index contributed by atoms with van der Waals surface area (Å²) < 4.78 is 0. The smallest absolute Gasteiger partial charge is 0.0406 e. The zero-order valence-electron chi connectivity index (χ0n) is 9.05. The van der Waals surface area contributed by atoms with Gasteiger partial charge in [-0.3, -0.25) is 0 Å². The van der Waals surface area contributed by atoms with Crippen LogP contribution in [-0.4, -0.2) is 0 Å². The van der Waals surface area contributed by atoms with E-state index in [-0.39, 0.29) is 0 Å². The molecule has 0 unspecified atom stereocenters. The van der Waals surface area contributed by atoms with Gasteiger partial charge < -0.3 is 0 Å². The lowest BCUT2D eigenvalue weighted by Crippen LogP contribution is -2.01. The Bertz CT molecular complexity index is 301. The molecule has 0 N–H and O–H groups in total. The number of halogens is 1. The fourth-order valence-corrected chi connectivity index (χ4v) is 1.25. The molecule has 0 nitrogen and oxygen atoms in total. The van der Waals surface area contributed by atoms with Crippen LogP contribution in [0.4, 0.5) is 0 Å². The van der Waals surface area contributed by atoms with Crippen molar-refractivity contribution in [2.45, 2.75) is 27.2 Å². The third-order valence-corrected chi connectivity index (χ3v) is 2.16. The highest BCUT2D eigenvalue weighted by Gasteiger charge is 2.05. The summed E-state index contributed by atoms with van der Waals surface area (Å²) in [6, 6.07) is 7.89. The van der Waals surface area contributed by atoms with Gasteiger partial charge in [-0.15, -0.1) is 0 Å². The molecule has 1 aromatic rings. The largest absolute Gasteiger partial charge is 0.0843 e. The highest BCUT2D eigenvalue weighted by Crippen LogP contribution is 2.20. The molecule has 1 heteroatoms. The molecule has 0 radical (unpaired) electrons. The van der Waals surface area contributed by atoms with Gasteiger partial charge >= 0.3 is 0 Å². The van der Waals surface area contributed by atoms with Gasteiger partial charge in [0.25, 0.3) is 0 Å². The Morgan fingerprint density at radius 2 is 1.71 bits per heavy atom. The van der Waals surface area contributed by atoms with Gasteiger partial charge in [0.1, 0.15) is 0 Å². The van der Waals surface area contributed by atoms with Crippen LogP contribution < -0.4 is 0 Å². The van der Waals surface area contributed by atoms with Crippen molar-refractivity contribution < 1.29 is 0 Å². The highest BCUT2D eigenvalue weighted by molar-refractivity contribution is 6.30. The zero-order chi connectivity index (χ0) is 10.6. The molecular weight excluding hydrogens is 192 g/mol. The highest BCUT2D eigenvalue weighted by atomic mass is 35.5. The number of benzene rings is 1. The van der Waals surface area contributed by atoms with Crippen LogP contribution in [0.15, 0.2) is 30.3 Å². The van der Waals surface area contributed by atoms with Crippen molar-refractivity contribution in [2.24, 2.45) is 5.41 Å². The molecule has 0 heterocycles. The maximum absolute atomic E-state index is 5.79. The lowest BCUT2D eigenvalue weighted by Gasteiger charge is -2.14. The predicted molar refractivity (Wildman–Crippen MR) is 64.6 cm³/mol. The van der Waals surface area contributed by atoms with E-state index in [1.165, 1.54) is 5.56 Å². The summed E-state index contributed by atoms with van der Waals surface area (Å²) in [6.07, 6.45) is 5.44. The van der Waals surface area contributed by atoms with Gasteiger partial charge in [0, 0.05) is 5.02 Å². The molecule has 0 saturated carbocycles. The third kappa shape index (κ3) is 4.48. The van der Waals surface area contributed by atoms with Crippen molar-refractivity contribution in [2.75, 3.05) is 0 Å². The molecule has 76 valence electrons. The molecule has 14 heavy (non-hydrogen) atoms. The normalized spacial score (nSPS) is 12.3. The average Bonchev–Trinajstić information content (AvgIpc) is 2.06. The van der Waals surface area contributed by atoms with Gasteiger partial charge in [-0.05, 0) is 29.5 Å². The maximum atomic E-state index is 5.79. The Labute approximate surface area is 91.6 Å². The molecule has 0 bridgehead atoms. The minimum atomic E-state index is 0.364. The Balaban J connectivity index is 2.57. The van der Waals surface area contributed by atoms with Crippen LogP contribution in [-0.2, 0) is 0 Å². The second-order valence-electron chi connectivity index (χ2n) is 4.72. The lowest BCUT2D eigenvalue weighted by molar-refractivity contribution is 0.421. The molecule has 0 aromatic heterocycles. The van der Waals surface area contributed by atoms with E-state index in [1.807, 2.05) is 24.3 Å². The number of allylic oxidation sites excluding steroid dienone is 1. The Morgan fingerprint density at radius 1 is 1.14 bits per heavy atom. The van der Waals surface area contributed by atoms with E-state index in [9.17, 15) is 0 Å². The Kier molecular flexibility index (Phi) is 3.77. The first-order valence-electron chi connectivity index (χ1n) is 4.89. The van der Waals surface area contributed by atoms with Crippen molar-refractivity contribution in [3.05, 3.63) is 40.9 Å². The molecule has 1 rings (SSSR count). The minimum absolute atomic E-state index is 0.364. The second kappa shape index (κ2) is 4.65. The second-order valence-corrected chi connectivity index (χ2v) is 5.16. The molecule has 0 aliphatic heterocycles.